The average molecular weight is 369 g/mol. The first kappa shape index (κ1) is 13.9. The van der Waals surface area contributed by atoms with E-state index >= 15 is 0 Å². The Hall–Kier alpha value is -1.09. The van der Waals surface area contributed by atoms with Crippen LogP contribution in [0, 0.1) is 0 Å². The van der Waals surface area contributed by atoms with E-state index < -0.39 is 26.7 Å². The first-order valence-electron chi connectivity index (χ1n) is 5.70. The molecule has 1 saturated carbocycles. The van der Waals surface area contributed by atoms with Gasteiger partial charge in [0.15, 0.2) is 0 Å². The molecule has 1 aliphatic carbocycles. The van der Waals surface area contributed by atoms with E-state index in [1.807, 2.05) is 0 Å². The fourth-order valence-corrected chi connectivity index (χ4v) is 3.63. The number of fused-ring (bicyclic) bond motifs is 1. The van der Waals surface area contributed by atoms with E-state index in [4.69, 9.17) is 0 Å². The molecular formula is C11H8BrF3N2O2S. The summed E-state index contributed by atoms with van der Waals surface area (Å²) in [7, 11) is -4.07. The molecule has 0 atom stereocenters. The van der Waals surface area contributed by atoms with Crippen molar-refractivity contribution < 1.29 is 21.6 Å². The van der Waals surface area contributed by atoms with Gasteiger partial charge in [0.1, 0.15) is 11.2 Å². The summed E-state index contributed by atoms with van der Waals surface area (Å²) in [6.45, 7) is 0. The monoisotopic (exact) mass is 368 g/mol. The molecule has 0 bridgehead atoms. The summed E-state index contributed by atoms with van der Waals surface area (Å²) in [5.74, 6) is 0. The highest BCUT2D eigenvalue weighted by molar-refractivity contribution is 9.10. The van der Waals surface area contributed by atoms with Crippen molar-refractivity contribution in [3.05, 3.63) is 22.2 Å². The van der Waals surface area contributed by atoms with Gasteiger partial charge in [0, 0.05) is 10.5 Å². The number of alkyl halides is 3. The zero-order valence-electron chi connectivity index (χ0n) is 9.85. The SMILES string of the molecule is O=S1(=O)N=CN(C2CC2)c2cc(Br)c(C(F)(F)F)cc21. The molecule has 4 nitrogen and oxygen atoms in total. The summed E-state index contributed by atoms with van der Waals surface area (Å²) >= 11 is 2.86. The lowest BCUT2D eigenvalue weighted by Gasteiger charge is -2.26. The lowest BCUT2D eigenvalue weighted by atomic mass is 10.2. The summed E-state index contributed by atoms with van der Waals surface area (Å²) in [4.78, 5) is 1.21. The van der Waals surface area contributed by atoms with Crippen LogP contribution in [0.4, 0.5) is 18.9 Å². The Morgan fingerprint density at radius 2 is 1.95 bits per heavy atom. The summed E-state index contributed by atoms with van der Waals surface area (Å²) < 4.78 is 65.5. The van der Waals surface area contributed by atoms with E-state index in [-0.39, 0.29) is 16.2 Å². The molecule has 2 aliphatic rings. The van der Waals surface area contributed by atoms with Gasteiger partial charge in [0.25, 0.3) is 10.0 Å². The van der Waals surface area contributed by atoms with Gasteiger partial charge < -0.3 is 4.90 Å². The smallest absolute Gasteiger partial charge is 0.327 e. The summed E-state index contributed by atoms with van der Waals surface area (Å²) in [5, 5.41) is 0. The molecule has 0 saturated heterocycles. The quantitative estimate of drug-likeness (QED) is 0.764. The van der Waals surface area contributed by atoms with Crippen molar-refractivity contribution in [2.45, 2.75) is 30.0 Å². The third-order valence-electron chi connectivity index (χ3n) is 3.16. The van der Waals surface area contributed by atoms with Gasteiger partial charge in [-0.1, -0.05) is 15.9 Å². The number of anilines is 1. The summed E-state index contributed by atoms with van der Waals surface area (Å²) in [6.07, 6.45) is -1.72. The van der Waals surface area contributed by atoms with Crippen LogP contribution in [-0.2, 0) is 16.2 Å². The molecule has 1 aliphatic heterocycles. The first-order valence-corrected chi connectivity index (χ1v) is 7.93. The second-order valence-corrected chi connectivity index (χ2v) is 7.09. The second-order valence-electron chi connectivity index (χ2n) is 4.63. The van der Waals surface area contributed by atoms with E-state index in [2.05, 4.69) is 20.3 Å². The van der Waals surface area contributed by atoms with Crippen LogP contribution in [0.3, 0.4) is 0 Å². The fourth-order valence-electron chi connectivity index (χ4n) is 2.04. The topological polar surface area (TPSA) is 49.7 Å². The highest BCUT2D eigenvalue weighted by Gasteiger charge is 2.39. The number of sulfonamides is 1. The van der Waals surface area contributed by atoms with Gasteiger partial charge in [0.05, 0.1) is 11.3 Å². The zero-order valence-corrected chi connectivity index (χ0v) is 12.3. The average Bonchev–Trinajstić information content (AvgIpc) is 3.10. The molecule has 20 heavy (non-hydrogen) atoms. The Labute approximate surface area is 121 Å². The Kier molecular flexibility index (Phi) is 2.91. The molecule has 1 aromatic carbocycles. The van der Waals surface area contributed by atoms with Gasteiger partial charge in [-0.05, 0) is 25.0 Å². The van der Waals surface area contributed by atoms with Gasteiger partial charge in [-0.15, -0.1) is 4.40 Å². The lowest BCUT2D eigenvalue weighted by molar-refractivity contribution is -0.138. The van der Waals surface area contributed by atoms with Crippen molar-refractivity contribution in [2.24, 2.45) is 4.40 Å². The number of nitrogens with zero attached hydrogens (tertiary/aromatic N) is 2. The number of rotatable bonds is 1. The predicted octanol–water partition coefficient (Wildman–Crippen LogP) is 3.17. The van der Waals surface area contributed by atoms with E-state index in [0.717, 1.165) is 12.8 Å². The molecule has 0 radical (unpaired) electrons. The highest BCUT2D eigenvalue weighted by Crippen LogP contribution is 2.43. The minimum atomic E-state index is -4.63. The molecule has 108 valence electrons. The first-order chi connectivity index (χ1) is 9.20. The number of hydrogen-bond donors (Lipinski definition) is 0. The van der Waals surface area contributed by atoms with Gasteiger partial charge in [-0.3, -0.25) is 0 Å². The minimum absolute atomic E-state index is 0.108. The molecule has 1 fully saturated rings. The van der Waals surface area contributed by atoms with Crippen LogP contribution in [0.1, 0.15) is 18.4 Å². The Bertz CT molecular complexity index is 711. The third-order valence-corrected chi connectivity index (χ3v) is 5.07. The molecule has 0 N–H and O–H groups in total. The molecule has 0 aromatic heterocycles. The minimum Gasteiger partial charge on any atom is -0.327 e. The van der Waals surface area contributed by atoms with Gasteiger partial charge in [-0.2, -0.15) is 21.6 Å². The number of benzene rings is 1. The normalized spacial score (nSPS) is 20.9. The summed E-state index contributed by atoms with van der Waals surface area (Å²) in [6, 6.07) is 1.94. The van der Waals surface area contributed by atoms with E-state index in [0.29, 0.717) is 6.07 Å². The van der Waals surface area contributed by atoms with Crippen LogP contribution < -0.4 is 4.90 Å². The number of hydrogen-bond acceptors (Lipinski definition) is 3. The van der Waals surface area contributed by atoms with Crippen molar-refractivity contribution >= 4 is 38.0 Å². The highest BCUT2D eigenvalue weighted by atomic mass is 79.9. The van der Waals surface area contributed by atoms with Gasteiger partial charge >= 0.3 is 6.18 Å². The van der Waals surface area contributed by atoms with E-state index in [1.54, 1.807) is 4.90 Å². The maximum atomic E-state index is 12.9. The zero-order chi connectivity index (χ0) is 14.7. The summed E-state index contributed by atoms with van der Waals surface area (Å²) in [5.41, 5.74) is -0.782. The maximum Gasteiger partial charge on any atom is 0.417 e. The predicted molar refractivity (Wildman–Crippen MR) is 70.3 cm³/mol. The Balaban J connectivity index is 2.24. The molecule has 9 heteroatoms. The van der Waals surface area contributed by atoms with Gasteiger partial charge in [0.2, 0.25) is 0 Å². The van der Waals surface area contributed by atoms with E-state index in [9.17, 15) is 21.6 Å². The standard InChI is InChI=1S/C11H8BrF3N2O2S/c12-8-4-9-10(3-7(8)11(13,14)15)20(18,19)16-5-17(9)6-1-2-6/h3-6H,1-2H2. The molecule has 0 spiro atoms. The fraction of sp³-hybridized carbons (Fsp3) is 0.364. The largest absolute Gasteiger partial charge is 0.417 e. The Morgan fingerprint density at radius 1 is 1.30 bits per heavy atom. The van der Waals surface area contributed by atoms with Gasteiger partial charge in [-0.25, -0.2) is 0 Å². The second kappa shape index (κ2) is 4.20. The molecule has 3 rings (SSSR count). The Morgan fingerprint density at radius 3 is 2.50 bits per heavy atom. The third kappa shape index (κ3) is 2.22. The van der Waals surface area contributed by atoms with Crippen LogP contribution >= 0.6 is 15.9 Å². The van der Waals surface area contributed by atoms with Crippen LogP contribution in [-0.4, -0.2) is 20.8 Å². The van der Waals surface area contributed by atoms with Crippen molar-refractivity contribution in [2.75, 3.05) is 4.90 Å². The van der Waals surface area contributed by atoms with Crippen LogP contribution in [0.25, 0.3) is 0 Å². The van der Waals surface area contributed by atoms with Crippen molar-refractivity contribution in [1.82, 2.24) is 0 Å². The van der Waals surface area contributed by atoms with Crippen LogP contribution in [0.15, 0.2) is 25.9 Å². The van der Waals surface area contributed by atoms with Crippen LogP contribution in [0.5, 0.6) is 0 Å². The lowest BCUT2D eigenvalue weighted by Crippen LogP contribution is -2.29. The maximum absolute atomic E-state index is 12.9. The van der Waals surface area contributed by atoms with E-state index in [1.165, 1.54) is 12.4 Å². The molecule has 1 heterocycles. The van der Waals surface area contributed by atoms with Crippen LogP contribution in [0.2, 0.25) is 0 Å². The number of halogens is 4. The van der Waals surface area contributed by atoms with Crippen molar-refractivity contribution in [1.29, 1.82) is 0 Å². The van der Waals surface area contributed by atoms with Crippen molar-refractivity contribution in [3.8, 4) is 0 Å². The molecule has 1 aromatic rings. The van der Waals surface area contributed by atoms with Crippen molar-refractivity contribution in [3.63, 3.8) is 0 Å². The molecule has 0 unspecified atom stereocenters. The molecule has 0 amide bonds. The molecular weight excluding hydrogens is 361 g/mol.